The Morgan fingerprint density at radius 1 is 0.960 bits per heavy atom. The fourth-order valence-electron chi connectivity index (χ4n) is 1.73. The zero-order valence-electron chi connectivity index (χ0n) is 13.5. The third-order valence-electron chi connectivity index (χ3n) is 2.91. The number of benzene rings is 2. The van der Waals surface area contributed by atoms with E-state index in [1.54, 1.807) is 48.8 Å². The second kappa shape index (κ2) is 12.6. The zero-order chi connectivity index (χ0) is 17.8. The van der Waals surface area contributed by atoms with Crippen LogP contribution in [0.1, 0.15) is 18.1 Å². The van der Waals surface area contributed by atoms with Crippen LogP contribution >= 0.6 is 0 Å². The van der Waals surface area contributed by atoms with Crippen LogP contribution in [0.5, 0.6) is 11.5 Å². The van der Waals surface area contributed by atoms with Crippen LogP contribution in [0.2, 0.25) is 0 Å². The van der Waals surface area contributed by atoms with E-state index in [0.29, 0.717) is 17.7 Å². The Morgan fingerprint density at radius 3 is 1.88 bits per heavy atom. The Labute approximate surface area is 156 Å². The summed E-state index contributed by atoms with van der Waals surface area (Å²) in [4.78, 5) is 10.0. The number of rotatable bonds is 5. The molecule has 0 fully saturated rings. The van der Waals surface area contributed by atoms with Crippen molar-refractivity contribution in [1.29, 1.82) is 0 Å². The van der Waals surface area contributed by atoms with Crippen LogP contribution in [0.3, 0.4) is 0 Å². The van der Waals surface area contributed by atoms with Crippen molar-refractivity contribution in [3.8, 4) is 11.5 Å². The molecule has 2 aromatic rings. The molecule has 0 heterocycles. The van der Waals surface area contributed by atoms with E-state index in [0.717, 1.165) is 0 Å². The molecule has 7 nitrogen and oxygen atoms in total. The SMILES string of the molecule is C[C@H](CN=Cc1ccccc1[O-])N=Cc1ccccc1[O-].[Fe+3].[N-]=[N+]=[N-]. The molecule has 0 aromatic heterocycles. The van der Waals surface area contributed by atoms with Gasteiger partial charge in [0, 0.05) is 12.4 Å². The van der Waals surface area contributed by atoms with E-state index >= 15 is 0 Å². The van der Waals surface area contributed by atoms with E-state index in [1.165, 1.54) is 17.0 Å². The molecule has 25 heavy (non-hydrogen) atoms. The van der Waals surface area contributed by atoms with E-state index < -0.39 is 0 Å². The van der Waals surface area contributed by atoms with Gasteiger partial charge < -0.3 is 21.3 Å². The first-order valence-electron chi connectivity index (χ1n) is 7.12. The standard InChI is InChI=1S/C17H18N2O2.Fe.N3/c1-13(19-12-15-7-3-5-9-17(15)21)10-18-11-14-6-2-4-8-16(14)20;;1-3-2/h2-9,11-13,20-21H,10H2,1H3;;/q;+3;-1/p-2/t13-;;/m1../s1. The molecule has 0 saturated heterocycles. The van der Waals surface area contributed by atoms with Gasteiger partial charge in [-0.1, -0.05) is 48.5 Å². The predicted molar refractivity (Wildman–Crippen MR) is 91.4 cm³/mol. The summed E-state index contributed by atoms with van der Waals surface area (Å²) >= 11 is 0. The second-order valence-electron chi connectivity index (χ2n) is 4.79. The summed E-state index contributed by atoms with van der Waals surface area (Å²) < 4.78 is 0. The van der Waals surface area contributed by atoms with Gasteiger partial charge >= 0.3 is 17.1 Å². The van der Waals surface area contributed by atoms with E-state index in [-0.39, 0.29) is 34.6 Å². The zero-order valence-corrected chi connectivity index (χ0v) is 14.6. The van der Waals surface area contributed by atoms with Crippen molar-refractivity contribution < 1.29 is 27.3 Å². The summed E-state index contributed by atoms with van der Waals surface area (Å²) in [7, 11) is 0. The van der Waals surface area contributed by atoms with Crippen LogP contribution in [0, 0.1) is 0 Å². The summed E-state index contributed by atoms with van der Waals surface area (Å²) in [6, 6.07) is 13.4. The Balaban J connectivity index is 0.00000134. The first-order valence-corrected chi connectivity index (χ1v) is 7.12. The third kappa shape index (κ3) is 8.58. The van der Waals surface area contributed by atoms with Crippen LogP contribution in [0.25, 0.3) is 16.0 Å². The van der Waals surface area contributed by atoms with Crippen LogP contribution in [0.4, 0.5) is 0 Å². The minimum Gasteiger partial charge on any atom is -0.872 e. The van der Waals surface area contributed by atoms with Crippen molar-refractivity contribution in [2.75, 3.05) is 6.54 Å². The minimum absolute atomic E-state index is 0. The van der Waals surface area contributed by atoms with E-state index in [9.17, 15) is 10.2 Å². The molecule has 0 bridgehead atoms. The van der Waals surface area contributed by atoms with Gasteiger partial charge in [0.1, 0.15) is 0 Å². The predicted octanol–water partition coefficient (Wildman–Crippen LogP) is 2.62. The molecule has 0 N–H and O–H groups in total. The third-order valence-corrected chi connectivity index (χ3v) is 2.91. The van der Waals surface area contributed by atoms with Gasteiger partial charge in [-0.05, 0) is 18.1 Å². The molecule has 1 atom stereocenters. The fourth-order valence-corrected chi connectivity index (χ4v) is 1.73. The number of aliphatic imine (C=N–C) groups is 2. The van der Waals surface area contributed by atoms with Crippen molar-refractivity contribution >= 4 is 12.4 Å². The molecule has 0 aliphatic heterocycles. The Morgan fingerprint density at radius 2 is 1.40 bits per heavy atom. The molecule has 0 saturated carbocycles. The van der Waals surface area contributed by atoms with E-state index in [2.05, 4.69) is 9.98 Å². The van der Waals surface area contributed by atoms with Gasteiger partial charge in [0.25, 0.3) is 0 Å². The molecule has 0 aliphatic carbocycles. The average molecular weight is 378 g/mol. The van der Waals surface area contributed by atoms with Gasteiger partial charge in [0.15, 0.2) is 0 Å². The van der Waals surface area contributed by atoms with Crippen LogP contribution < -0.4 is 10.2 Å². The van der Waals surface area contributed by atoms with E-state index in [4.69, 9.17) is 11.1 Å². The summed E-state index contributed by atoms with van der Waals surface area (Å²) in [5.41, 5.74) is 14.6. The van der Waals surface area contributed by atoms with Crippen molar-refractivity contribution in [2.45, 2.75) is 13.0 Å². The Hall–Kier alpha value is -2.79. The topological polar surface area (TPSA) is 130 Å². The molecule has 0 spiro atoms. The maximum Gasteiger partial charge on any atom is 3.00 e. The summed E-state index contributed by atoms with van der Waals surface area (Å²) in [6.07, 6.45) is 3.14. The minimum atomic E-state index is -0.0559. The molecule has 0 amide bonds. The van der Waals surface area contributed by atoms with Gasteiger partial charge in [-0.2, -0.15) is 0 Å². The molecule has 1 radical (unpaired) electrons. The quantitative estimate of drug-likeness (QED) is 0.260. The monoisotopic (exact) mass is 378 g/mol. The normalized spacial score (nSPS) is 11.2. The molecular weight excluding hydrogens is 362 g/mol. The molecule has 129 valence electrons. The second-order valence-corrected chi connectivity index (χ2v) is 4.79. The van der Waals surface area contributed by atoms with Gasteiger partial charge in [0.05, 0.1) is 12.6 Å². The molecule has 8 heteroatoms. The summed E-state index contributed by atoms with van der Waals surface area (Å²) in [5, 5.41) is 23.0. The van der Waals surface area contributed by atoms with Crippen LogP contribution in [-0.2, 0) is 17.1 Å². The first kappa shape index (κ1) is 22.2. The maximum atomic E-state index is 11.5. The van der Waals surface area contributed by atoms with Crippen LogP contribution in [-0.4, -0.2) is 25.0 Å². The van der Waals surface area contributed by atoms with E-state index in [1.807, 2.05) is 6.92 Å². The molecular formula is C17H16FeN5O2. The largest absolute Gasteiger partial charge is 3.00 e. The first-order chi connectivity index (χ1) is 11.6. The average Bonchev–Trinajstić information content (AvgIpc) is 2.57. The van der Waals surface area contributed by atoms with Crippen molar-refractivity contribution in [3.05, 3.63) is 75.6 Å². The summed E-state index contributed by atoms with van der Waals surface area (Å²) in [6.45, 7) is 2.37. The van der Waals surface area contributed by atoms with Gasteiger partial charge in [-0.3, -0.25) is 14.9 Å². The number of para-hydroxylation sites is 2. The molecule has 2 aromatic carbocycles. The summed E-state index contributed by atoms with van der Waals surface area (Å²) in [5.74, 6) is -0.0880. The number of nitrogens with zero attached hydrogens (tertiary/aromatic N) is 5. The fraction of sp³-hybridized carbons (Fsp3) is 0.176. The molecule has 0 aliphatic rings. The number of hydrogen-bond donors (Lipinski definition) is 0. The van der Waals surface area contributed by atoms with Gasteiger partial charge in [-0.25, -0.2) is 0 Å². The van der Waals surface area contributed by atoms with Crippen molar-refractivity contribution in [2.24, 2.45) is 9.98 Å². The number of hydrogen-bond acceptors (Lipinski definition) is 4. The van der Waals surface area contributed by atoms with Crippen molar-refractivity contribution in [1.82, 2.24) is 0 Å². The maximum absolute atomic E-state index is 11.5. The smallest absolute Gasteiger partial charge is 0.872 e. The molecule has 2 rings (SSSR count). The Bertz CT molecular complexity index is 743. The van der Waals surface area contributed by atoms with Crippen LogP contribution in [0.15, 0.2) is 58.5 Å². The van der Waals surface area contributed by atoms with Crippen molar-refractivity contribution in [3.63, 3.8) is 0 Å². The van der Waals surface area contributed by atoms with Gasteiger partial charge in [-0.15, -0.1) is 11.5 Å². The Kier molecular flexibility index (Phi) is 11.2. The molecule has 0 unspecified atom stereocenters. The van der Waals surface area contributed by atoms with Gasteiger partial charge in [0.2, 0.25) is 0 Å².